The van der Waals surface area contributed by atoms with Crippen molar-refractivity contribution in [1.82, 2.24) is 30.8 Å². The number of hydrogen-bond donors (Lipinski definition) is 3. The maximum Gasteiger partial charge on any atom is 0.321 e. The van der Waals surface area contributed by atoms with Crippen molar-refractivity contribution in [1.29, 1.82) is 0 Å². The number of hydrogen-bond acceptors (Lipinski definition) is 6. The molecule has 2 heterocycles. The fourth-order valence-corrected chi connectivity index (χ4v) is 2.76. The van der Waals surface area contributed by atoms with E-state index in [0.29, 0.717) is 16.3 Å². The molecule has 2 aromatic heterocycles. The van der Waals surface area contributed by atoms with E-state index in [1.54, 1.807) is 6.92 Å². The molecule has 0 fully saturated rings. The van der Waals surface area contributed by atoms with E-state index in [0.717, 1.165) is 22.7 Å². The van der Waals surface area contributed by atoms with Gasteiger partial charge in [0.25, 0.3) is 0 Å². The third-order valence-electron chi connectivity index (χ3n) is 3.22. The van der Waals surface area contributed by atoms with Gasteiger partial charge in [0.1, 0.15) is 5.52 Å². The van der Waals surface area contributed by atoms with Crippen molar-refractivity contribution in [3.8, 4) is 0 Å². The van der Waals surface area contributed by atoms with Crippen molar-refractivity contribution >= 4 is 45.8 Å². The van der Waals surface area contributed by atoms with E-state index < -0.39 is 17.2 Å². The maximum atomic E-state index is 11.8. The molecule has 3 N–H and O–H groups in total. The van der Waals surface area contributed by atoms with Gasteiger partial charge in [-0.1, -0.05) is 30.0 Å². The molecule has 0 unspecified atom stereocenters. The number of nitrogens with one attached hydrogen (secondary N) is 3. The van der Waals surface area contributed by atoms with Crippen LogP contribution < -0.4 is 10.6 Å². The predicted molar refractivity (Wildman–Crippen MR) is 87.1 cm³/mol. The van der Waals surface area contributed by atoms with Gasteiger partial charge in [-0.05, 0) is 13.0 Å². The molecule has 3 amide bonds. The second-order valence-electron chi connectivity index (χ2n) is 4.79. The zero-order valence-corrected chi connectivity index (χ0v) is 13.3. The van der Waals surface area contributed by atoms with Crippen molar-refractivity contribution in [3.63, 3.8) is 0 Å². The Morgan fingerprint density at radius 3 is 2.83 bits per heavy atom. The molecule has 0 radical (unpaired) electrons. The van der Waals surface area contributed by atoms with Crippen LogP contribution in [-0.2, 0) is 4.79 Å². The quantitative estimate of drug-likeness (QED) is 0.626. The molecule has 3 rings (SSSR count). The second-order valence-corrected chi connectivity index (χ2v) is 6.10. The van der Waals surface area contributed by atoms with Crippen LogP contribution in [0.5, 0.6) is 0 Å². The first kappa shape index (κ1) is 15.2. The number of thioether (sulfide) groups is 1. The second kappa shape index (κ2) is 6.21. The number of imide groups is 1. The summed E-state index contributed by atoms with van der Waals surface area (Å²) < 4.78 is 0. The Labute approximate surface area is 135 Å². The predicted octanol–water partition coefficient (Wildman–Crippen LogP) is 1.44. The summed E-state index contributed by atoms with van der Waals surface area (Å²) in [6.45, 7) is 1.67. The van der Waals surface area contributed by atoms with E-state index in [1.807, 2.05) is 24.3 Å². The fraction of sp³-hybridized carbons (Fsp3) is 0.214. The molecule has 0 bridgehead atoms. The number of aromatic nitrogens is 4. The molecule has 0 saturated carbocycles. The highest BCUT2D eigenvalue weighted by atomic mass is 32.2. The van der Waals surface area contributed by atoms with Crippen molar-refractivity contribution in [2.75, 3.05) is 7.05 Å². The highest BCUT2D eigenvalue weighted by Crippen LogP contribution is 2.24. The van der Waals surface area contributed by atoms with Crippen molar-refractivity contribution in [2.24, 2.45) is 0 Å². The Hall–Kier alpha value is -2.68. The summed E-state index contributed by atoms with van der Waals surface area (Å²) in [5, 5.41) is 13.6. The molecule has 0 aliphatic heterocycles. The molecular weight excluding hydrogens is 316 g/mol. The third-order valence-corrected chi connectivity index (χ3v) is 4.17. The van der Waals surface area contributed by atoms with Gasteiger partial charge in [-0.3, -0.25) is 10.1 Å². The lowest BCUT2D eigenvalue weighted by Crippen LogP contribution is -2.41. The summed E-state index contributed by atoms with van der Waals surface area (Å²) in [4.78, 5) is 30.6. The maximum absolute atomic E-state index is 11.8. The smallest absolute Gasteiger partial charge is 0.321 e. The molecular formula is C14H14N6O2S. The molecule has 9 heteroatoms. The minimum atomic E-state index is -0.549. The number of carbonyl (C=O) groups is 2. The Morgan fingerprint density at radius 1 is 1.26 bits per heavy atom. The molecule has 1 atom stereocenters. The fourth-order valence-electron chi connectivity index (χ4n) is 2.04. The highest BCUT2D eigenvalue weighted by molar-refractivity contribution is 8.00. The van der Waals surface area contributed by atoms with Gasteiger partial charge in [0, 0.05) is 18.0 Å². The lowest BCUT2D eigenvalue weighted by Gasteiger charge is -2.09. The van der Waals surface area contributed by atoms with Crippen LogP contribution in [0.4, 0.5) is 4.79 Å². The molecule has 1 aromatic carbocycles. The summed E-state index contributed by atoms with van der Waals surface area (Å²) in [5.41, 5.74) is 2.23. The minimum absolute atomic E-state index is 0.364. The van der Waals surface area contributed by atoms with E-state index in [1.165, 1.54) is 7.05 Å². The van der Waals surface area contributed by atoms with E-state index in [9.17, 15) is 9.59 Å². The first-order valence-electron chi connectivity index (χ1n) is 6.89. The SMILES string of the molecule is CNC(=O)NC(=O)[C@@H](C)Sc1nnc2c(n1)[nH]c1ccccc12. The number of para-hydroxylation sites is 1. The standard InChI is InChI=1S/C14H14N6O2S/c1-7(12(21)18-13(22)15-2)23-14-17-11-10(19-20-14)8-5-3-4-6-9(8)16-11/h3-7H,1-2H3,(H,16,17,20)(H2,15,18,21,22)/t7-/m1/s1. The van der Waals surface area contributed by atoms with E-state index in [2.05, 4.69) is 30.8 Å². The van der Waals surface area contributed by atoms with Crippen LogP contribution in [0.1, 0.15) is 6.92 Å². The minimum Gasteiger partial charge on any atom is -0.341 e. The Morgan fingerprint density at radius 2 is 2.04 bits per heavy atom. The monoisotopic (exact) mass is 330 g/mol. The number of fused-ring (bicyclic) bond motifs is 3. The van der Waals surface area contributed by atoms with Crippen LogP contribution >= 0.6 is 11.8 Å². The van der Waals surface area contributed by atoms with Crippen molar-refractivity contribution in [3.05, 3.63) is 24.3 Å². The number of rotatable bonds is 3. The zero-order valence-electron chi connectivity index (χ0n) is 12.5. The van der Waals surface area contributed by atoms with Gasteiger partial charge >= 0.3 is 6.03 Å². The summed E-state index contributed by atoms with van der Waals surface area (Å²) in [6.07, 6.45) is 0. The van der Waals surface area contributed by atoms with E-state index in [4.69, 9.17) is 0 Å². The number of nitrogens with zero attached hydrogens (tertiary/aromatic N) is 3. The Bertz CT molecular complexity index is 893. The van der Waals surface area contributed by atoms with Crippen LogP contribution in [0.15, 0.2) is 29.4 Å². The van der Waals surface area contributed by atoms with E-state index in [-0.39, 0.29) is 0 Å². The van der Waals surface area contributed by atoms with Crippen LogP contribution in [0, 0.1) is 0 Å². The molecule has 23 heavy (non-hydrogen) atoms. The van der Waals surface area contributed by atoms with Crippen LogP contribution in [-0.4, -0.2) is 44.4 Å². The number of carbonyl (C=O) groups excluding carboxylic acids is 2. The molecule has 118 valence electrons. The van der Waals surface area contributed by atoms with E-state index >= 15 is 0 Å². The third kappa shape index (κ3) is 3.09. The van der Waals surface area contributed by atoms with Gasteiger partial charge in [-0.15, -0.1) is 10.2 Å². The summed E-state index contributed by atoms with van der Waals surface area (Å²) in [6, 6.07) is 7.17. The summed E-state index contributed by atoms with van der Waals surface area (Å²) >= 11 is 1.13. The Balaban J connectivity index is 1.82. The molecule has 0 aliphatic carbocycles. The molecule has 0 saturated heterocycles. The van der Waals surface area contributed by atoms with Gasteiger partial charge in [-0.25, -0.2) is 9.78 Å². The molecule has 0 aliphatic rings. The average Bonchev–Trinajstić information content (AvgIpc) is 2.92. The lowest BCUT2D eigenvalue weighted by atomic mass is 10.2. The van der Waals surface area contributed by atoms with Crippen LogP contribution in [0.2, 0.25) is 0 Å². The van der Waals surface area contributed by atoms with Crippen LogP contribution in [0.3, 0.4) is 0 Å². The van der Waals surface area contributed by atoms with Crippen LogP contribution in [0.25, 0.3) is 22.1 Å². The normalized spacial score (nSPS) is 12.3. The number of amides is 3. The number of H-pyrrole nitrogens is 1. The van der Waals surface area contributed by atoms with Crippen molar-refractivity contribution in [2.45, 2.75) is 17.3 Å². The average molecular weight is 330 g/mol. The first-order chi connectivity index (χ1) is 11.1. The molecule has 3 aromatic rings. The van der Waals surface area contributed by atoms with Gasteiger partial charge in [0.05, 0.1) is 5.25 Å². The highest BCUT2D eigenvalue weighted by Gasteiger charge is 2.19. The number of urea groups is 1. The largest absolute Gasteiger partial charge is 0.341 e. The number of aromatic amines is 1. The topological polar surface area (TPSA) is 113 Å². The lowest BCUT2D eigenvalue weighted by molar-refractivity contribution is -0.119. The van der Waals surface area contributed by atoms with Gasteiger partial charge in [-0.2, -0.15) is 0 Å². The molecule has 8 nitrogen and oxygen atoms in total. The van der Waals surface area contributed by atoms with Crippen molar-refractivity contribution < 1.29 is 9.59 Å². The number of benzene rings is 1. The summed E-state index contributed by atoms with van der Waals surface area (Å²) in [7, 11) is 1.44. The van der Waals surface area contributed by atoms with Gasteiger partial charge in [0.2, 0.25) is 11.1 Å². The van der Waals surface area contributed by atoms with Gasteiger partial charge < -0.3 is 10.3 Å². The van der Waals surface area contributed by atoms with Gasteiger partial charge in [0.15, 0.2) is 5.65 Å². The Kier molecular flexibility index (Phi) is 4.11. The molecule has 0 spiro atoms. The zero-order chi connectivity index (χ0) is 16.4. The summed E-state index contributed by atoms with van der Waals surface area (Å²) in [5.74, 6) is -0.422. The first-order valence-corrected chi connectivity index (χ1v) is 7.77.